The first-order chi connectivity index (χ1) is 13.2. The van der Waals surface area contributed by atoms with Crippen LogP contribution in [0, 0.1) is 0 Å². The highest BCUT2D eigenvalue weighted by Crippen LogP contribution is 2.32. The Kier molecular flexibility index (Phi) is 5.14. The number of fused-ring (bicyclic) bond motifs is 2. The second-order valence-electron chi connectivity index (χ2n) is 7.15. The molecule has 0 saturated carbocycles. The maximum atomic E-state index is 12.4. The highest BCUT2D eigenvalue weighted by Gasteiger charge is 2.16. The van der Waals surface area contributed by atoms with Crippen LogP contribution in [0.2, 0.25) is 0 Å². The molecule has 140 valence electrons. The van der Waals surface area contributed by atoms with E-state index in [-0.39, 0.29) is 18.7 Å². The molecule has 1 amide bonds. The van der Waals surface area contributed by atoms with Gasteiger partial charge in [0.05, 0.1) is 6.04 Å². The summed E-state index contributed by atoms with van der Waals surface area (Å²) in [4.78, 5) is 12.4. The van der Waals surface area contributed by atoms with Crippen LogP contribution in [0.25, 0.3) is 6.08 Å². The molecule has 1 atom stereocenters. The molecule has 0 saturated heterocycles. The molecule has 2 aromatic carbocycles. The van der Waals surface area contributed by atoms with E-state index < -0.39 is 0 Å². The lowest BCUT2D eigenvalue weighted by Crippen LogP contribution is -2.26. The van der Waals surface area contributed by atoms with Gasteiger partial charge in [-0.25, -0.2) is 0 Å². The van der Waals surface area contributed by atoms with Gasteiger partial charge in [-0.2, -0.15) is 0 Å². The van der Waals surface area contributed by atoms with E-state index in [1.807, 2.05) is 18.2 Å². The van der Waals surface area contributed by atoms with E-state index in [9.17, 15) is 4.79 Å². The molecule has 0 unspecified atom stereocenters. The number of benzene rings is 2. The van der Waals surface area contributed by atoms with Crippen molar-refractivity contribution in [1.29, 1.82) is 0 Å². The molecule has 2 aliphatic rings. The van der Waals surface area contributed by atoms with Crippen LogP contribution in [0.4, 0.5) is 0 Å². The van der Waals surface area contributed by atoms with Crippen molar-refractivity contribution in [2.75, 3.05) is 6.79 Å². The SMILES string of the molecule is CC[C@@H](NC(=O)/C=C/c1ccc2c(c1)OCO2)c1ccc2c(c1)CCCC2. The van der Waals surface area contributed by atoms with Gasteiger partial charge in [-0.3, -0.25) is 4.79 Å². The monoisotopic (exact) mass is 363 g/mol. The smallest absolute Gasteiger partial charge is 0.244 e. The maximum Gasteiger partial charge on any atom is 0.244 e. The van der Waals surface area contributed by atoms with Gasteiger partial charge in [0, 0.05) is 6.08 Å². The number of nitrogens with one attached hydrogen (secondary N) is 1. The second kappa shape index (κ2) is 7.87. The highest BCUT2D eigenvalue weighted by atomic mass is 16.7. The fraction of sp³-hybridized carbons (Fsp3) is 0.348. The zero-order chi connectivity index (χ0) is 18.6. The Hall–Kier alpha value is -2.75. The van der Waals surface area contributed by atoms with Crippen molar-refractivity contribution in [2.24, 2.45) is 0 Å². The fourth-order valence-electron chi connectivity index (χ4n) is 3.80. The van der Waals surface area contributed by atoms with Gasteiger partial charge in [-0.15, -0.1) is 0 Å². The Morgan fingerprint density at radius 1 is 1.07 bits per heavy atom. The molecule has 1 aliphatic heterocycles. The van der Waals surface area contributed by atoms with Crippen LogP contribution in [0.15, 0.2) is 42.5 Å². The van der Waals surface area contributed by atoms with Gasteiger partial charge >= 0.3 is 0 Å². The van der Waals surface area contributed by atoms with Crippen molar-refractivity contribution in [3.05, 3.63) is 64.7 Å². The summed E-state index contributed by atoms with van der Waals surface area (Å²) in [6.07, 6.45) is 9.12. The maximum absolute atomic E-state index is 12.4. The Balaban J connectivity index is 1.43. The van der Waals surface area contributed by atoms with Crippen molar-refractivity contribution < 1.29 is 14.3 Å². The summed E-state index contributed by atoms with van der Waals surface area (Å²) in [6.45, 7) is 2.36. The normalized spacial score (nSPS) is 16.2. The fourth-order valence-corrected chi connectivity index (χ4v) is 3.80. The number of amides is 1. The lowest BCUT2D eigenvalue weighted by atomic mass is 9.89. The van der Waals surface area contributed by atoms with Crippen molar-refractivity contribution >= 4 is 12.0 Å². The summed E-state index contributed by atoms with van der Waals surface area (Å²) in [5.74, 6) is 1.38. The molecule has 27 heavy (non-hydrogen) atoms. The number of ether oxygens (including phenoxy) is 2. The Labute approximate surface area is 160 Å². The predicted molar refractivity (Wildman–Crippen MR) is 106 cm³/mol. The molecule has 0 aromatic heterocycles. The number of rotatable bonds is 5. The standard InChI is InChI=1S/C23H25NO3/c1-2-20(19-10-9-17-5-3-4-6-18(17)14-19)24-23(25)12-8-16-7-11-21-22(13-16)27-15-26-21/h7-14,20H,2-6,15H2,1H3,(H,24,25)/b12-8+/t20-/m1/s1. The molecule has 0 spiro atoms. The third-order valence-electron chi connectivity index (χ3n) is 5.32. The summed E-state index contributed by atoms with van der Waals surface area (Å²) >= 11 is 0. The molecule has 0 radical (unpaired) electrons. The number of carbonyl (C=O) groups excluding carboxylic acids is 1. The topological polar surface area (TPSA) is 47.6 Å². The van der Waals surface area contributed by atoms with E-state index in [2.05, 4.69) is 30.4 Å². The first kappa shape index (κ1) is 17.7. The van der Waals surface area contributed by atoms with Crippen molar-refractivity contribution in [2.45, 2.75) is 45.1 Å². The van der Waals surface area contributed by atoms with Crippen molar-refractivity contribution in [1.82, 2.24) is 5.32 Å². The van der Waals surface area contributed by atoms with Gasteiger partial charge in [0.2, 0.25) is 12.7 Å². The lowest BCUT2D eigenvalue weighted by molar-refractivity contribution is -0.117. The van der Waals surface area contributed by atoms with Crippen LogP contribution < -0.4 is 14.8 Å². The van der Waals surface area contributed by atoms with E-state index >= 15 is 0 Å². The summed E-state index contributed by atoms with van der Waals surface area (Å²) in [7, 11) is 0. The molecule has 0 bridgehead atoms. The first-order valence-electron chi connectivity index (χ1n) is 9.73. The summed E-state index contributed by atoms with van der Waals surface area (Å²) < 4.78 is 10.7. The molecule has 0 fully saturated rings. The van der Waals surface area contributed by atoms with Crippen molar-refractivity contribution in [3.63, 3.8) is 0 Å². The van der Waals surface area contributed by atoms with Gasteiger partial charge in [0.25, 0.3) is 0 Å². The molecular weight excluding hydrogens is 338 g/mol. The van der Waals surface area contributed by atoms with E-state index in [1.54, 1.807) is 12.2 Å². The Morgan fingerprint density at radius 2 is 1.89 bits per heavy atom. The molecule has 1 heterocycles. The molecule has 1 N–H and O–H groups in total. The minimum Gasteiger partial charge on any atom is -0.454 e. The van der Waals surface area contributed by atoms with Gasteiger partial charge in [0.15, 0.2) is 11.5 Å². The zero-order valence-corrected chi connectivity index (χ0v) is 15.7. The minimum absolute atomic E-state index is 0.0335. The summed E-state index contributed by atoms with van der Waals surface area (Å²) in [5.41, 5.74) is 5.02. The molecule has 4 heteroatoms. The molecule has 1 aliphatic carbocycles. The van der Waals surface area contributed by atoms with Crippen LogP contribution in [-0.2, 0) is 17.6 Å². The van der Waals surface area contributed by atoms with Gasteiger partial charge in [-0.05, 0) is 72.6 Å². The van der Waals surface area contributed by atoms with Crippen LogP contribution >= 0.6 is 0 Å². The third-order valence-corrected chi connectivity index (χ3v) is 5.32. The third kappa shape index (κ3) is 4.00. The number of aryl methyl sites for hydroxylation is 2. The molecular formula is C23H25NO3. The van der Waals surface area contributed by atoms with Crippen molar-refractivity contribution in [3.8, 4) is 11.5 Å². The van der Waals surface area contributed by atoms with Crippen LogP contribution in [0.3, 0.4) is 0 Å². The van der Waals surface area contributed by atoms with Crippen LogP contribution in [0.1, 0.15) is 54.5 Å². The van der Waals surface area contributed by atoms with Gasteiger partial charge in [0.1, 0.15) is 0 Å². The predicted octanol–water partition coefficient (Wildman–Crippen LogP) is 4.57. The number of carbonyl (C=O) groups is 1. The van der Waals surface area contributed by atoms with E-state index in [4.69, 9.17) is 9.47 Å². The molecule has 2 aromatic rings. The second-order valence-corrected chi connectivity index (χ2v) is 7.15. The minimum atomic E-state index is -0.0859. The quantitative estimate of drug-likeness (QED) is 0.791. The Morgan fingerprint density at radius 3 is 2.74 bits per heavy atom. The Bertz CT molecular complexity index is 872. The van der Waals surface area contributed by atoms with Crippen LogP contribution in [0.5, 0.6) is 11.5 Å². The zero-order valence-electron chi connectivity index (χ0n) is 15.7. The van der Waals surface area contributed by atoms with E-state index in [0.717, 1.165) is 29.9 Å². The van der Waals surface area contributed by atoms with E-state index in [0.29, 0.717) is 0 Å². The molecule has 4 rings (SSSR count). The van der Waals surface area contributed by atoms with E-state index in [1.165, 1.54) is 36.0 Å². The van der Waals surface area contributed by atoms with Gasteiger partial charge in [-0.1, -0.05) is 31.2 Å². The number of hydrogen-bond acceptors (Lipinski definition) is 3. The van der Waals surface area contributed by atoms with Crippen LogP contribution in [-0.4, -0.2) is 12.7 Å². The first-order valence-corrected chi connectivity index (χ1v) is 9.73. The summed E-state index contributed by atoms with van der Waals surface area (Å²) in [6, 6.07) is 12.4. The lowest BCUT2D eigenvalue weighted by Gasteiger charge is -2.21. The van der Waals surface area contributed by atoms with Gasteiger partial charge < -0.3 is 14.8 Å². The molecule has 4 nitrogen and oxygen atoms in total. The highest BCUT2D eigenvalue weighted by molar-refractivity contribution is 5.92. The largest absolute Gasteiger partial charge is 0.454 e. The average molecular weight is 363 g/mol. The average Bonchev–Trinajstić information content (AvgIpc) is 3.18. The summed E-state index contributed by atoms with van der Waals surface area (Å²) in [5, 5.41) is 3.13. The number of hydrogen-bond donors (Lipinski definition) is 1.